The molecule has 94 valence electrons. The summed E-state index contributed by atoms with van der Waals surface area (Å²) in [6.07, 6.45) is 9.92. The molecule has 1 fully saturated rings. The first-order valence-corrected chi connectivity index (χ1v) is 7.00. The first-order valence-electron chi connectivity index (χ1n) is 6.63. The summed E-state index contributed by atoms with van der Waals surface area (Å²) in [6.45, 7) is 3.31. The second-order valence-electron chi connectivity index (χ2n) is 4.92. The van der Waals surface area contributed by atoms with E-state index in [1.165, 1.54) is 31.2 Å². The standard InChI is InChI=1S/C14H21ClN2/c1-2-7-17-14(11-4-3-5-11)9-12-6-8-16-10-13(12)15/h6,8,10-11,14,17H,2-5,7,9H2,1H3. The smallest absolute Gasteiger partial charge is 0.0621 e. The van der Waals surface area contributed by atoms with Crippen molar-refractivity contribution in [1.29, 1.82) is 0 Å². The van der Waals surface area contributed by atoms with E-state index in [-0.39, 0.29) is 0 Å². The van der Waals surface area contributed by atoms with E-state index in [9.17, 15) is 0 Å². The van der Waals surface area contributed by atoms with E-state index in [0.717, 1.165) is 23.9 Å². The summed E-state index contributed by atoms with van der Waals surface area (Å²) < 4.78 is 0. The Morgan fingerprint density at radius 1 is 1.53 bits per heavy atom. The second-order valence-corrected chi connectivity index (χ2v) is 5.33. The summed E-state index contributed by atoms with van der Waals surface area (Å²) in [7, 11) is 0. The van der Waals surface area contributed by atoms with Gasteiger partial charge >= 0.3 is 0 Å². The lowest BCUT2D eigenvalue weighted by atomic mass is 9.77. The van der Waals surface area contributed by atoms with Crippen LogP contribution in [0.1, 0.15) is 38.2 Å². The van der Waals surface area contributed by atoms with Crippen molar-refractivity contribution in [2.75, 3.05) is 6.54 Å². The Morgan fingerprint density at radius 3 is 2.94 bits per heavy atom. The third kappa shape index (κ3) is 3.43. The lowest BCUT2D eigenvalue weighted by Gasteiger charge is -2.34. The third-order valence-electron chi connectivity index (χ3n) is 3.67. The van der Waals surface area contributed by atoms with Gasteiger partial charge in [-0.05, 0) is 49.8 Å². The van der Waals surface area contributed by atoms with E-state index in [2.05, 4.69) is 17.2 Å². The molecule has 0 radical (unpaired) electrons. The van der Waals surface area contributed by atoms with Crippen LogP contribution in [0.15, 0.2) is 18.5 Å². The number of halogens is 1. The zero-order valence-corrected chi connectivity index (χ0v) is 11.2. The zero-order chi connectivity index (χ0) is 12.1. The van der Waals surface area contributed by atoms with Crippen molar-refractivity contribution in [3.63, 3.8) is 0 Å². The highest BCUT2D eigenvalue weighted by atomic mass is 35.5. The van der Waals surface area contributed by atoms with Crippen LogP contribution >= 0.6 is 11.6 Å². The van der Waals surface area contributed by atoms with Crippen LogP contribution in [-0.2, 0) is 6.42 Å². The Balaban J connectivity index is 1.98. The molecule has 1 heterocycles. The van der Waals surface area contributed by atoms with Crippen molar-refractivity contribution in [3.05, 3.63) is 29.0 Å². The number of hydrogen-bond acceptors (Lipinski definition) is 2. The van der Waals surface area contributed by atoms with Gasteiger partial charge in [-0.15, -0.1) is 0 Å². The van der Waals surface area contributed by atoms with Crippen LogP contribution in [0.4, 0.5) is 0 Å². The van der Waals surface area contributed by atoms with Crippen LogP contribution in [0.5, 0.6) is 0 Å². The molecule has 17 heavy (non-hydrogen) atoms. The summed E-state index contributed by atoms with van der Waals surface area (Å²) in [6, 6.07) is 2.63. The maximum atomic E-state index is 6.18. The molecule has 1 saturated carbocycles. The minimum absolute atomic E-state index is 0.587. The molecule has 0 aliphatic heterocycles. The Labute approximate surface area is 109 Å². The van der Waals surface area contributed by atoms with Gasteiger partial charge in [0.25, 0.3) is 0 Å². The number of hydrogen-bond donors (Lipinski definition) is 1. The molecule has 1 atom stereocenters. The van der Waals surface area contributed by atoms with E-state index in [1.54, 1.807) is 6.20 Å². The fraction of sp³-hybridized carbons (Fsp3) is 0.643. The van der Waals surface area contributed by atoms with Crippen LogP contribution in [0.25, 0.3) is 0 Å². The van der Waals surface area contributed by atoms with E-state index in [0.29, 0.717) is 6.04 Å². The minimum atomic E-state index is 0.587. The van der Waals surface area contributed by atoms with Crippen LogP contribution in [-0.4, -0.2) is 17.6 Å². The molecule has 1 aliphatic carbocycles. The van der Waals surface area contributed by atoms with Gasteiger partial charge in [0.15, 0.2) is 0 Å². The van der Waals surface area contributed by atoms with Gasteiger partial charge in [-0.2, -0.15) is 0 Å². The molecule has 1 unspecified atom stereocenters. The van der Waals surface area contributed by atoms with E-state index in [1.807, 2.05) is 12.3 Å². The largest absolute Gasteiger partial charge is 0.313 e. The third-order valence-corrected chi connectivity index (χ3v) is 4.01. The quantitative estimate of drug-likeness (QED) is 0.839. The summed E-state index contributed by atoms with van der Waals surface area (Å²) in [5.74, 6) is 0.839. The molecule has 0 aromatic carbocycles. The number of nitrogens with zero attached hydrogens (tertiary/aromatic N) is 1. The molecule has 1 N–H and O–H groups in total. The monoisotopic (exact) mass is 252 g/mol. The Morgan fingerprint density at radius 2 is 2.35 bits per heavy atom. The predicted octanol–water partition coefficient (Wildman–Crippen LogP) is 3.45. The molecule has 1 aliphatic rings. The minimum Gasteiger partial charge on any atom is -0.313 e. The summed E-state index contributed by atoms with van der Waals surface area (Å²) in [5.41, 5.74) is 1.22. The highest BCUT2D eigenvalue weighted by molar-refractivity contribution is 6.31. The topological polar surface area (TPSA) is 24.9 Å². The number of nitrogens with one attached hydrogen (secondary N) is 1. The van der Waals surface area contributed by atoms with Crippen molar-refractivity contribution in [1.82, 2.24) is 10.3 Å². The molecule has 0 bridgehead atoms. The molecule has 0 amide bonds. The summed E-state index contributed by atoms with van der Waals surface area (Å²) >= 11 is 6.18. The van der Waals surface area contributed by atoms with Gasteiger partial charge in [0.2, 0.25) is 0 Å². The molecule has 1 aromatic rings. The van der Waals surface area contributed by atoms with Crippen molar-refractivity contribution in [2.24, 2.45) is 5.92 Å². The maximum absolute atomic E-state index is 6.18. The van der Waals surface area contributed by atoms with Gasteiger partial charge in [0, 0.05) is 18.4 Å². The van der Waals surface area contributed by atoms with Crippen LogP contribution in [0.3, 0.4) is 0 Å². The average molecular weight is 253 g/mol. The van der Waals surface area contributed by atoms with Crippen LogP contribution < -0.4 is 5.32 Å². The molecule has 0 spiro atoms. The van der Waals surface area contributed by atoms with Crippen LogP contribution in [0.2, 0.25) is 5.02 Å². The lowest BCUT2D eigenvalue weighted by molar-refractivity contribution is 0.227. The van der Waals surface area contributed by atoms with Crippen molar-refractivity contribution < 1.29 is 0 Å². The molecular formula is C14H21ClN2. The Kier molecular flexibility index (Phi) is 4.81. The number of rotatable bonds is 6. The molecule has 0 saturated heterocycles. The first-order chi connectivity index (χ1) is 8.31. The lowest BCUT2D eigenvalue weighted by Crippen LogP contribution is -2.41. The fourth-order valence-corrected chi connectivity index (χ4v) is 2.58. The molecule has 2 nitrogen and oxygen atoms in total. The van der Waals surface area contributed by atoms with E-state index in [4.69, 9.17) is 11.6 Å². The molecule has 3 heteroatoms. The first kappa shape index (κ1) is 12.8. The highest BCUT2D eigenvalue weighted by Crippen LogP contribution is 2.31. The van der Waals surface area contributed by atoms with Gasteiger partial charge in [0.1, 0.15) is 0 Å². The second kappa shape index (κ2) is 6.36. The van der Waals surface area contributed by atoms with Gasteiger partial charge in [0.05, 0.1) is 5.02 Å². The normalized spacial score (nSPS) is 17.8. The maximum Gasteiger partial charge on any atom is 0.0621 e. The van der Waals surface area contributed by atoms with Crippen molar-refractivity contribution in [2.45, 2.75) is 45.1 Å². The van der Waals surface area contributed by atoms with Gasteiger partial charge in [-0.25, -0.2) is 0 Å². The average Bonchev–Trinajstić information content (AvgIpc) is 2.26. The number of pyridine rings is 1. The highest BCUT2D eigenvalue weighted by Gasteiger charge is 2.27. The molecule has 1 aromatic heterocycles. The van der Waals surface area contributed by atoms with Crippen LogP contribution in [0, 0.1) is 5.92 Å². The van der Waals surface area contributed by atoms with Crippen molar-refractivity contribution >= 4 is 11.6 Å². The van der Waals surface area contributed by atoms with E-state index >= 15 is 0 Å². The SMILES string of the molecule is CCCNC(Cc1ccncc1Cl)C1CCC1. The Hall–Kier alpha value is -0.600. The van der Waals surface area contributed by atoms with E-state index < -0.39 is 0 Å². The number of aromatic nitrogens is 1. The summed E-state index contributed by atoms with van der Waals surface area (Å²) in [4.78, 5) is 4.04. The Bertz CT molecular complexity index is 350. The molecular weight excluding hydrogens is 232 g/mol. The van der Waals surface area contributed by atoms with Crippen molar-refractivity contribution in [3.8, 4) is 0 Å². The van der Waals surface area contributed by atoms with Gasteiger partial charge in [-0.3, -0.25) is 4.98 Å². The predicted molar refractivity (Wildman–Crippen MR) is 72.4 cm³/mol. The zero-order valence-electron chi connectivity index (χ0n) is 10.5. The summed E-state index contributed by atoms with van der Waals surface area (Å²) in [5, 5.41) is 4.47. The molecule has 2 rings (SSSR count). The van der Waals surface area contributed by atoms with Gasteiger partial charge in [-0.1, -0.05) is 24.9 Å². The fourth-order valence-electron chi connectivity index (χ4n) is 2.38. The van der Waals surface area contributed by atoms with Gasteiger partial charge < -0.3 is 5.32 Å².